The molecule has 70 heavy (non-hydrogen) atoms. The van der Waals surface area contributed by atoms with Crippen molar-refractivity contribution in [2.75, 3.05) is 39.6 Å². The third kappa shape index (κ3) is 50.4. The molecule has 0 heterocycles. The fourth-order valence-corrected chi connectivity index (χ4v) is 8.11. The van der Waals surface area contributed by atoms with Crippen molar-refractivity contribution in [2.24, 2.45) is 0 Å². The summed E-state index contributed by atoms with van der Waals surface area (Å²) in [6.07, 6.45) is 50.2. The van der Waals surface area contributed by atoms with E-state index in [4.69, 9.17) is 14.0 Å². The molecule has 0 rings (SSSR count). The number of phosphoric acid groups is 2. The quantitative estimate of drug-likeness (QED) is 0.0165. The summed E-state index contributed by atoms with van der Waals surface area (Å²) in [7, 11) is -9.59. The Morgan fingerprint density at radius 3 is 0.929 bits per heavy atom. The normalized spacial score (nSPS) is 15.5. The van der Waals surface area contributed by atoms with Crippen LogP contribution >= 0.6 is 15.6 Å². The smallest absolute Gasteiger partial charge is 0.463 e. The van der Waals surface area contributed by atoms with Gasteiger partial charge in [-0.2, -0.15) is 0 Å². The largest absolute Gasteiger partial charge is 0.472 e. The lowest BCUT2D eigenvalue weighted by Gasteiger charge is -2.19. The lowest BCUT2D eigenvalue weighted by atomic mass is 10.1. The summed E-state index contributed by atoms with van der Waals surface area (Å²) >= 11 is 0. The molecule has 17 heteroatoms. The van der Waals surface area contributed by atoms with Gasteiger partial charge in [-0.1, -0.05) is 164 Å². The number of aliphatic hydroxyl groups excluding tert-OH is 3. The zero-order valence-electron chi connectivity index (χ0n) is 42.9. The minimum atomic E-state index is -4.80. The Hall–Kier alpha value is -2.52. The number of phosphoric ester groups is 2. The van der Waals surface area contributed by atoms with Crippen molar-refractivity contribution in [3.8, 4) is 0 Å². The number of allylic oxidation sites excluding steroid dienone is 12. The average Bonchev–Trinajstić information content (AvgIpc) is 3.34. The summed E-state index contributed by atoms with van der Waals surface area (Å²) in [5, 5.41) is 30.1. The summed E-state index contributed by atoms with van der Waals surface area (Å²) < 4.78 is 53.1. The SMILES string of the molecule is CCCCC/C=C\C/C=C\C/C=C\C/C=C\CCCCCC(=O)OCC(O)COP(=O)(O)OCC(O)COP(=O)(O)OCC(O)COC(=O)CCCCCCCCCCC/C=C\C/C=C\CCCCC. The molecular weight excluding hydrogens is 939 g/mol. The first-order valence-corrected chi connectivity index (χ1v) is 29.3. The molecule has 0 bridgehead atoms. The number of ether oxygens (including phenoxy) is 2. The second-order valence-corrected chi connectivity index (χ2v) is 20.4. The second-order valence-electron chi connectivity index (χ2n) is 17.5. The Balaban J connectivity index is 3.90. The first-order valence-electron chi connectivity index (χ1n) is 26.3. The molecule has 0 aromatic carbocycles. The van der Waals surface area contributed by atoms with Gasteiger partial charge in [0.25, 0.3) is 0 Å². The zero-order chi connectivity index (χ0) is 51.7. The zero-order valence-corrected chi connectivity index (χ0v) is 44.7. The maximum Gasteiger partial charge on any atom is 0.472 e. The van der Waals surface area contributed by atoms with Crippen LogP contribution in [0.4, 0.5) is 0 Å². The van der Waals surface area contributed by atoms with Gasteiger partial charge in [0.1, 0.15) is 31.5 Å². The number of hydrogen-bond acceptors (Lipinski definition) is 13. The molecule has 15 nitrogen and oxygen atoms in total. The van der Waals surface area contributed by atoms with Gasteiger partial charge in [-0.3, -0.25) is 27.7 Å². The van der Waals surface area contributed by atoms with Crippen LogP contribution in [-0.2, 0) is 46.3 Å². The van der Waals surface area contributed by atoms with Crippen LogP contribution in [0, 0.1) is 0 Å². The van der Waals surface area contributed by atoms with Crippen molar-refractivity contribution in [1.82, 2.24) is 0 Å². The Kier molecular flexibility index (Phi) is 47.0. The molecule has 0 radical (unpaired) electrons. The van der Waals surface area contributed by atoms with Gasteiger partial charge in [-0.15, -0.1) is 0 Å². The van der Waals surface area contributed by atoms with Gasteiger partial charge in [0, 0.05) is 12.8 Å². The number of aliphatic hydroxyl groups is 3. The number of esters is 2. The lowest BCUT2D eigenvalue weighted by molar-refractivity contribution is -0.148. The Bertz CT molecular complexity index is 1530. The number of unbranched alkanes of at least 4 members (excludes halogenated alkanes) is 18. The number of carbonyl (C=O) groups excluding carboxylic acids is 2. The highest BCUT2D eigenvalue weighted by atomic mass is 31.2. The van der Waals surface area contributed by atoms with Crippen LogP contribution in [0.25, 0.3) is 0 Å². The summed E-state index contributed by atoms with van der Waals surface area (Å²) in [4.78, 5) is 43.9. The Morgan fingerprint density at radius 2 is 0.614 bits per heavy atom. The molecule has 406 valence electrons. The first kappa shape index (κ1) is 67.5. The summed E-state index contributed by atoms with van der Waals surface area (Å²) in [6, 6.07) is 0. The maximum absolute atomic E-state index is 12.2. The molecule has 0 amide bonds. The third-order valence-corrected chi connectivity index (χ3v) is 12.5. The Morgan fingerprint density at radius 1 is 0.371 bits per heavy atom. The minimum Gasteiger partial charge on any atom is -0.463 e. The van der Waals surface area contributed by atoms with Crippen molar-refractivity contribution < 1.29 is 71.4 Å². The maximum atomic E-state index is 12.2. The highest BCUT2D eigenvalue weighted by Crippen LogP contribution is 2.45. The van der Waals surface area contributed by atoms with Crippen molar-refractivity contribution in [3.63, 3.8) is 0 Å². The molecule has 5 atom stereocenters. The van der Waals surface area contributed by atoms with Gasteiger partial charge in [0.15, 0.2) is 0 Å². The fraction of sp³-hybridized carbons (Fsp3) is 0.736. The fourth-order valence-electron chi connectivity index (χ4n) is 6.52. The standard InChI is InChI=1S/C53H94O15P2/c1-3-5-7-9-11-13-15-17-19-21-23-25-27-29-31-33-35-37-39-41-52(57)63-43-49(54)45-65-69(59,60)67-47-51(56)48-68-70(61,62)66-46-50(55)44-64-53(58)42-40-38-36-34-32-30-28-26-24-22-20-18-16-14-12-10-8-6-4-2/h11-14,17-20,23,25,29,31,49-51,54-56H,3-10,15-16,21-22,24,26-28,30,32-48H2,1-2H3,(H,59,60)(H,61,62)/b13-11-,14-12-,19-17-,20-18-,25-23-,31-29-. The van der Waals surface area contributed by atoms with Crippen molar-refractivity contribution >= 4 is 27.6 Å². The van der Waals surface area contributed by atoms with E-state index in [9.17, 15) is 43.8 Å². The Labute approximate surface area is 422 Å². The molecule has 5 N–H and O–H groups in total. The molecule has 0 aliphatic carbocycles. The molecule has 0 fully saturated rings. The van der Waals surface area contributed by atoms with Crippen molar-refractivity contribution in [2.45, 2.75) is 212 Å². The van der Waals surface area contributed by atoms with E-state index in [-0.39, 0.29) is 12.8 Å². The van der Waals surface area contributed by atoms with Crippen LogP contribution in [-0.4, -0.2) is 95.0 Å². The molecule has 5 unspecified atom stereocenters. The first-order chi connectivity index (χ1) is 33.8. The van der Waals surface area contributed by atoms with Gasteiger partial charge in [0.05, 0.1) is 26.4 Å². The molecule has 0 aromatic rings. The average molecular weight is 1030 g/mol. The molecule has 0 aromatic heterocycles. The van der Waals surface area contributed by atoms with E-state index in [1.165, 1.54) is 77.0 Å². The van der Waals surface area contributed by atoms with Gasteiger partial charge in [-0.25, -0.2) is 9.13 Å². The van der Waals surface area contributed by atoms with Gasteiger partial charge in [-0.05, 0) is 89.9 Å². The predicted molar refractivity (Wildman–Crippen MR) is 279 cm³/mol. The number of rotatable bonds is 50. The van der Waals surface area contributed by atoms with Crippen molar-refractivity contribution in [3.05, 3.63) is 72.9 Å². The second kappa shape index (κ2) is 48.7. The highest BCUT2D eigenvalue weighted by molar-refractivity contribution is 7.47. The van der Waals surface area contributed by atoms with Crippen LogP contribution in [0.15, 0.2) is 72.9 Å². The third-order valence-electron chi connectivity index (χ3n) is 10.6. The van der Waals surface area contributed by atoms with E-state index in [1.54, 1.807) is 0 Å². The van der Waals surface area contributed by atoms with E-state index in [0.717, 1.165) is 77.0 Å². The molecule has 0 saturated carbocycles. The lowest BCUT2D eigenvalue weighted by Crippen LogP contribution is -2.25. The molecular formula is C53H94O15P2. The van der Waals surface area contributed by atoms with Crippen LogP contribution in [0.2, 0.25) is 0 Å². The number of hydrogen-bond donors (Lipinski definition) is 5. The van der Waals surface area contributed by atoms with Crippen LogP contribution in [0.1, 0.15) is 194 Å². The molecule has 0 spiro atoms. The molecule has 0 saturated heterocycles. The van der Waals surface area contributed by atoms with Crippen LogP contribution in [0.3, 0.4) is 0 Å². The monoisotopic (exact) mass is 1030 g/mol. The van der Waals surface area contributed by atoms with Crippen molar-refractivity contribution in [1.29, 1.82) is 0 Å². The van der Waals surface area contributed by atoms with Crippen LogP contribution < -0.4 is 0 Å². The van der Waals surface area contributed by atoms with E-state index >= 15 is 0 Å². The summed E-state index contributed by atoms with van der Waals surface area (Å²) in [5.41, 5.74) is 0. The van der Waals surface area contributed by atoms with Gasteiger partial charge in [0.2, 0.25) is 0 Å². The van der Waals surface area contributed by atoms with E-state index < -0.39 is 85.5 Å². The number of carbonyl (C=O) groups is 2. The van der Waals surface area contributed by atoms with E-state index in [1.807, 2.05) is 0 Å². The molecule has 0 aliphatic rings. The molecule has 0 aliphatic heterocycles. The van der Waals surface area contributed by atoms with Crippen LogP contribution in [0.5, 0.6) is 0 Å². The minimum absolute atomic E-state index is 0.156. The van der Waals surface area contributed by atoms with E-state index in [2.05, 4.69) is 100 Å². The van der Waals surface area contributed by atoms with E-state index in [0.29, 0.717) is 12.8 Å². The topological polar surface area (TPSA) is 225 Å². The van der Waals surface area contributed by atoms with Gasteiger partial charge >= 0.3 is 27.6 Å². The highest BCUT2D eigenvalue weighted by Gasteiger charge is 2.28. The van der Waals surface area contributed by atoms with Gasteiger partial charge < -0.3 is 34.6 Å². The predicted octanol–water partition coefficient (Wildman–Crippen LogP) is 12.7. The summed E-state index contributed by atoms with van der Waals surface area (Å²) in [5.74, 6) is -1.03. The summed E-state index contributed by atoms with van der Waals surface area (Å²) in [6.45, 7) is 0.331.